The highest BCUT2D eigenvalue weighted by Crippen LogP contribution is 2.28. The van der Waals surface area contributed by atoms with E-state index in [1.807, 2.05) is 24.3 Å². The van der Waals surface area contributed by atoms with Crippen molar-refractivity contribution in [1.82, 2.24) is 19.8 Å². The zero-order chi connectivity index (χ0) is 23.5. The molecule has 2 unspecified atom stereocenters. The number of benzene rings is 2. The fraction of sp³-hybridized carbons (Fsp3) is 0.346. The molecular weight excluding hydrogens is 430 g/mol. The van der Waals surface area contributed by atoms with Crippen LogP contribution in [0.4, 0.5) is 11.5 Å². The summed E-state index contributed by atoms with van der Waals surface area (Å²) in [5.74, 6) is 0.983. The van der Waals surface area contributed by atoms with Crippen molar-refractivity contribution in [2.45, 2.75) is 31.5 Å². The van der Waals surface area contributed by atoms with Crippen LogP contribution in [0.1, 0.15) is 28.0 Å². The third-order valence-corrected chi connectivity index (χ3v) is 6.72. The Morgan fingerprint density at radius 2 is 1.88 bits per heavy atom. The Morgan fingerprint density at radius 1 is 1.09 bits per heavy atom. The molecule has 2 aliphatic rings. The van der Waals surface area contributed by atoms with E-state index in [-0.39, 0.29) is 11.9 Å². The molecule has 2 aromatic carbocycles. The van der Waals surface area contributed by atoms with E-state index in [9.17, 15) is 9.90 Å². The van der Waals surface area contributed by atoms with Gasteiger partial charge in [0.2, 0.25) is 0 Å². The Labute approximate surface area is 199 Å². The van der Waals surface area contributed by atoms with Crippen LogP contribution in [0.5, 0.6) is 5.75 Å². The second kappa shape index (κ2) is 9.79. The molecule has 0 spiro atoms. The van der Waals surface area contributed by atoms with Crippen LogP contribution in [-0.4, -0.2) is 69.7 Å². The zero-order valence-corrected chi connectivity index (χ0v) is 19.2. The van der Waals surface area contributed by atoms with Gasteiger partial charge in [-0.1, -0.05) is 36.4 Å². The number of methoxy groups -OCH3 is 1. The number of ether oxygens (including phenoxy) is 1. The number of hydrogen-bond donors (Lipinski definition) is 2. The van der Waals surface area contributed by atoms with Crippen LogP contribution < -0.4 is 10.1 Å². The Morgan fingerprint density at radius 3 is 2.71 bits per heavy atom. The number of carbonyl (C=O) groups is 1. The quantitative estimate of drug-likeness (QED) is 0.606. The predicted molar refractivity (Wildman–Crippen MR) is 129 cm³/mol. The minimum absolute atomic E-state index is 0.0468. The van der Waals surface area contributed by atoms with Crippen molar-refractivity contribution in [2.24, 2.45) is 0 Å². The maximum Gasteiger partial charge on any atom is 0.272 e. The van der Waals surface area contributed by atoms with Gasteiger partial charge in [0.05, 0.1) is 18.9 Å². The van der Waals surface area contributed by atoms with Gasteiger partial charge in [0.25, 0.3) is 5.91 Å². The van der Waals surface area contributed by atoms with Gasteiger partial charge in [-0.25, -0.2) is 9.97 Å². The van der Waals surface area contributed by atoms with E-state index in [1.54, 1.807) is 18.1 Å². The number of rotatable bonds is 5. The normalized spacial score (nSPS) is 20.5. The van der Waals surface area contributed by atoms with Gasteiger partial charge in [-0.3, -0.25) is 9.69 Å². The molecule has 0 radical (unpaired) electrons. The number of β-amino-alcohol motifs (C(OH)–C–C–N with tert-alkyl or cyclic N) is 1. The molecule has 3 aromatic rings. The van der Waals surface area contributed by atoms with E-state index in [1.165, 1.54) is 17.5 Å². The highest BCUT2D eigenvalue weighted by Gasteiger charge is 2.35. The van der Waals surface area contributed by atoms with Crippen molar-refractivity contribution in [3.63, 3.8) is 0 Å². The molecule has 176 valence electrons. The number of nitrogens with one attached hydrogen (secondary N) is 1. The molecule has 0 bridgehead atoms. The molecule has 34 heavy (non-hydrogen) atoms. The van der Waals surface area contributed by atoms with Crippen LogP contribution in [0.25, 0.3) is 0 Å². The fourth-order valence-corrected chi connectivity index (χ4v) is 4.92. The smallest absolute Gasteiger partial charge is 0.272 e. The average Bonchev–Trinajstić information content (AvgIpc) is 2.88. The first-order chi connectivity index (χ1) is 16.6. The number of carbonyl (C=O) groups excluding carboxylic acids is 1. The summed E-state index contributed by atoms with van der Waals surface area (Å²) in [5.41, 5.74) is 3.77. The standard InChI is InChI=1S/C26H29N5O3/c1-34-24-9-5-4-8-20(24)29-25-14-21(27-17-28-25)26(33)31-13-11-22(23(32)16-31)30-12-10-18-6-2-3-7-19(18)15-30/h2-9,14,17,22-23,32H,10-13,15-16H2,1H3,(H,27,28,29). The first-order valence-electron chi connectivity index (χ1n) is 11.6. The van der Waals surface area contributed by atoms with Crippen molar-refractivity contribution in [2.75, 3.05) is 32.1 Å². The van der Waals surface area contributed by atoms with E-state index in [0.29, 0.717) is 30.4 Å². The largest absolute Gasteiger partial charge is 0.495 e. The van der Waals surface area contributed by atoms with Crippen LogP contribution in [0, 0.1) is 0 Å². The average molecular weight is 460 g/mol. The van der Waals surface area contributed by atoms with Crippen LogP contribution in [0.15, 0.2) is 60.9 Å². The van der Waals surface area contributed by atoms with Crippen LogP contribution in [-0.2, 0) is 13.0 Å². The summed E-state index contributed by atoms with van der Waals surface area (Å²) in [7, 11) is 1.60. The number of aliphatic hydroxyl groups excluding tert-OH is 1. The third kappa shape index (κ3) is 4.60. The summed E-state index contributed by atoms with van der Waals surface area (Å²) in [5, 5.41) is 14.1. The van der Waals surface area contributed by atoms with Gasteiger partial charge < -0.3 is 20.1 Å². The fourth-order valence-electron chi connectivity index (χ4n) is 4.92. The van der Waals surface area contributed by atoms with Crippen LogP contribution in [0.2, 0.25) is 0 Å². The Bertz CT molecular complexity index is 1170. The molecule has 8 heteroatoms. The molecule has 1 amide bonds. The zero-order valence-electron chi connectivity index (χ0n) is 19.2. The van der Waals surface area contributed by atoms with Gasteiger partial charge >= 0.3 is 0 Å². The summed E-state index contributed by atoms with van der Waals surface area (Å²) in [4.78, 5) is 25.7. The minimum atomic E-state index is -0.601. The molecule has 8 nitrogen and oxygen atoms in total. The van der Waals surface area contributed by atoms with E-state index < -0.39 is 6.10 Å². The molecule has 2 N–H and O–H groups in total. The van der Waals surface area contributed by atoms with Crippen molar-refractivity contribution < 1.29 is 14.6 Å². The van der Waals surface area contributed by atoms with Gasteiger partial charge in [-0.2, -0.15) is 0 Å². The first-order valence-corrected chi connectivity index (χ1v) is 11.6. The second-order valence-electron chi connectivity index (χ2n) is 8.78. The number of aromatic nitrogens is 2. The van der Waals surface area contributed by atoms with E-state index in [2.05, 4.69) is 44.5 Å². The van der Waals surface area contributed by atoms with Gasteiger partial charge in [0.1, 0.15) is 23.6 Å². The maximum absolute atomic E-state index is 13.2. The lowest BCUT2D eigenvalue weighted by atomic mass is 9.94. The topological polar surface area (TPSA) is 90.8 Å². The molecule has 0 saturated carbocycles. The van der Waals surface area contributed by atoms with Crippen molar-refractivity contribution in [3.8, 4) is 5.75 Å². The molecule has 5 rings (SSSR count). The summed E-state index contributed by atoms with van der Waals surface area (Å²) >= 11 is 0. The van der Waals surface area contributed by atoms with Crippen LogP contribution >= 0.6 is 0 Å². The summed E-state index contributed by atoms with van der Waals surface area (Å²) in [6.45, 7) is 2.64. The lowest BCUT2D eigenvalue weighted by Gasteiger charge is -2.43. The van der Waals surface area contributed by atoms with E-state index >= 15 is 0 Å². The van der Waals surface area contributed by atoms with Crippen molar-refractivity contribution in [3.05, 3.63) is 77.7 Å². The lowest BCUT2D eigenvalue weighted by Crippen LogP contribution is -2.56. The number of likely N-dealkylation sites (tertiary alicyclic amines) is 1. The molecule has 3 heterocycles. The highest BCUT2D eigenvalue weighted by molar-refractivity contribution is 5.93. The maximum atomic E-state index is 13.2. The molecule has 2 atom stereocenters. The van der Waals surface area contributed by atoms with Gasteiger partial charge in [-0.05, 0) is 36.1 Å². The Kier molecular flexibility index (Phi) is 6.42. The van der Waals surface area contributed by atoms with Crippen LogP contribution in [0.3, 0.4) is 0 Å². The van der Waals surface area contributed by atoms with Crippen molar-refractivity contribution in [1.29, 1.82) is 0 Å². The summed E-state index contributed by atoms with van der Waals surface area (Å²) in [6.07, 6.45) is 2.49. The number of amides is 1. The number of para-hydroxylation sites is 2. The minimum Gasteiger partial charge on any atom is -0.495 e. The number of aliphatic hydroxyl groups is 1. The number of nitrogens with zero attached hydrogens (tertiary/aromatic N) is 4. The van der Waals surface area contributed by atoms with Crippen molar-refractivity contribution >= 4 is 17.4 Å². The molecule has 1 fully saturated rings. The molecule has 0 aliphatic carbocycles. The predicted octanol–water partition coefficient (Wildman–Crippen LogP) is 2.86. The number of fused-ring (bicyclic) bond motifs is 1. The highest BCUT2D eigenvalue weighted by atomic mass is 16.5. The number of hydrogen-bond acceptors (Lipinski definition) is 7. The van der Waals surface area contributed by atoms with Gasteiger partial charge in [-0.15, -0.1) is 0 Å². The molecule has 2 aliphatic heterocycles. The monoisotopic (exact) mass is 459 g/mol. The molecular formula is C26H29N5O3. The SMILES string of the molecule is COc1ccccc1Nc1cc(C(=O)N2CCC(N3CCc4ccccc4C3)C(O)C2)ncn1. The second-order valence-corrected chi connectivity index (χ2v) is 8.78. The first kappa shape index (κ1) is 22.3. The third-order valence-electron chi connectivity index (χ3n) is 6.72. The van der Waals surface area contributed by atoms with Gasteiger partial charge in [0, 0.05) is 38.3 Å². The Balaban J connectivity index is 1.24. The summed E-state index contributed by atoms with van der Waals surface area (Å²) < 4.78 is 5.37. The molecule has 1 aromatic heterocycles. The molecule has 1 saturated heterocycles. The van der Waals surface area contributed by atoms with E-state index in [0.717, 1.165) is 31.6 Å². The summed E-state index contributed by atoms with van der Waals surface area (Å²) in [6, 6.07) is 17.7. The van der Waals surface area contributed by atoms with E-state index in [4.69, 9.17) is 4.74 Å². The Hall–Kier alpha value is -3.49. The number of anilines is 2. The van der Waals surface area contributed by atoms with Gasteiger partial charge in [0.15, 0.2) is 0 Å². The lowest BCUT2D eigenvalue weighted by molar-refractivity contribution is -0.0139. The number of piperidine rings is 1.